The van der Waals surface area contributed by atoms with E-state index in [0.717, 1.165) is 51.4 Å². The highest BCUT2D eigenvalue weighted by atomic mass is 16.8. The minimum Gasteiger partial charge on any atom is -0.394 e. The number of hydrogen-bond donors (Lipinski definition) is 11. The predicted octanol–water partition coefficient (Wildman–Crippen LogP) is 1.00. The van der Waals surface area contributed by atoms with E-state index in [4.69, 9.17) is 28.4 Å². The molecule has 0 aromatic carbocycles. The average Bonchev–Trinajstić information content (AvgIpc) is 3.63. The van der Waals surface area contributed by atoms with E-state index in [1.54, 1.807) is 0 Å². The van der Waals surface area contributed by atoms with E-state index in [1.807, 2.05) is 0 Å². The molecule has 376 valence electrons. The summed E-state index contributed by atoms with van der Waals surface area (Å²) in [5.41, 5.74) is -0.159. The normalized spacial score (nSPS) is 51.9. The van der Waals surface area contributed by atoms with Crippen molar-refractivity contribution >= 4 is 0 Å². The van der Waals surface area contributed by atoms with Gasteiger partial charge in [-0.05, 0) is 130 Å². The fourth-order valence-corrected chi connectivity index (χ4v) is 14.9. The zero-order valence-corrected chi connectivity index (χ0v) is 39.7. The summed E-state index contributed by atoms with van der Waals surface area (Å²) >= 11 is 0. The standard InChI is InChI=1S/C48H82O17/c1-23(2)10-9-16-48(8,65-42-39(59)36(56)33(53)27(21-50)61-42)25-13-18-46(6)24(25)11-12-30-45(5)17-15-31(44(3,4)29(45)14-19-47(30,46)7)63-43-40(37(57)34(54)28(22-51)62-43)64-41-38(58)35(55)32(52)26(20-49)60-41/h10,24-43,49-59H,9,11-22H2,1-8H3/t24-,25-,26+,27+,28+,29?,30?,31-,32+,33+,34+,35-,36-,37-,38+,39+,40+,41-,42-,43-,45-,46-,47+,48-/m0/s1. The third-order valence-electron chi connectivity index (χ3n) is 18.8. The topological polar surface area (TPSA) is 278 Å². The highest BCUT2D eigenvalue weighted by Crippen LogP contribution is 2.76. The van der Waals surface area contributed by atoms with Crippen molar-refractivity contribution in [3.05, 3.63) is 11.6 Å². The SMILES string of the molecule is CC(C)=CCC[C@](C)(O[C@@H]1O[C@H](CO)[C@@H](O)[C@H](O)[C@H]1O)[C@H]1CC[C@@]2(C)[C@H]1CCC1[C@@]3(C)CC[C@H](O[C@@H]4O[C@H](CO)[C@@H](O)[C@H](O)[C@H]4O[C@@H]4O[C@H](CO)[C@@H](O)[C@H](O)[C@H]4O)C(C)(C)C3CC[C@]12C. The lowest BCUT2D eigenvalue weighted by Crippen LogP contribution is -2.67. The Morgan fingerprint density at radius 3 is 1.71 bits per heavy atom. The third kappa shape index (κ3) is 8.84. The van der Waals surface area contributed by atoms with Crippen molar-refractivity contribution < 1.29 is 84.6 Å². The number of allylic oxidation sites excluding steroid dienone is 2. The summed E-state index contributed by atoms with van der Waals surface area (Å²) in [6, 6.07) is 0. The van der Waals surface area contributed by atoms with E-state index < -0.39 is 129 Å². The first kappa shape index (κ1) is 51.9. The van der Waals surface area contributed by atoms with Crippen LogP contribution in [-0.2, 0) is 28.4 Å². The molecule has 7 aliphatic rings. The number of aliphatic hydroxyl groups is 11. The Hall–Kier alpha value is -0.940. The monoisotopic (exact) mass is 931 g/mol. The largest absolute Gasteiger partial charge is 0.394 e. The molecular weight excluding hydrogens is 849 g/mol. The Labute approximate surface area is 384 Å². The van der Waals surface area contributed by atoms with E-state index in [2.05, 4.69) is 61.5 Å². The Morgan fingerprint density at radius 1 is 0.585 bits per heavy atom. The van der Waals surface area contributed by atoms with Crippen molar-refractivity contribution in [2.75, 3.05) is 19.8 Å². The van der Waals surface area contributed by atoms with Crippen LogP contribution in [0.15, 0.2) is 11.6 Å². The Morgan fingerprint density at radius 2 is 1.12 bits per heavy atom. The van der Waals surface area contributed by atoms with Gasteiger partial charge in [-0.2, -0.15) is 0 Å². The van der Waals surface area contributed by atoms with Crippen LogP contribution in [0.2, 0.25) is 0 Å². The molecule has 3 aliphatic heterocycles. The number of hydrogen-bond acceptors (Lipinski definition) is 17. The maximum Gasteiger partial charge on any atom is 0.187 e. The minimum atomic E-state index is -1.77. The fraction of sp³-hybridized carbons (Fsp3) is 0.958. The van der Waals surface area contributed by atoms with Crippen LogP contribution in [0.25, 0.3) is 0 Å². The smallest absolute Gasteiger partial charge is 0.187 e. The molecule has 3 saturated heterocycles. The molecule has 2 unspecified atom stereocenters. The first-order chi connectivity index (χ1) is 30.4. The van der Waals surface area contributed by atoms with Crippen molar-refractivity contribution in [2.45, 2.75) is 223 Å². The maximum atomic E-state index is 11.4. The van der Waals surface area contributed by atoms with Crippen molar-refractivity contribution in [3.63, 3.8) is 0 Å². The van der Waals surface area contributed by atoms with Crippen LogP contribution in [0.4, 0.5) is 0 Å². The fourth-order valence-electron chi connectivity index (χ4n) is 14.9. The van der Waals surface area contributed by atoms with Crippen LogP contribution in [0.5, 0.6) is 0 Å². The first-order valence-corrected chi connectivity index (χ1v) is 24.3. The lowest BCUT2D eigenvalue weighted by atomic mass is 9.35. The zero-order valence-electron chi connectivity index (χ0n) is 39.7. The number of ether oxygens (including phenoxy) is 6. The molecular formula is C48H82O17. The van der Waals surface area contributed by atoms with Gasteiger partial charge in [0, 0.05) is 0 Å². The van der Waals surface area contributed by atoms with Crippen molar-refractivity contribution in [1.82, 2.24) is 0 Å². The number of fused-ring (bicyclic) bond motifs is 5. The van der Waals surface area contributed by atoms with E-state index >= 15 is 0 Å². The molecule has 17 heteroatoms. The molecule has 7 fully saturated rings. The van der Waals surface area contributed by atoms with Gasteiger partial charge in [0.15, 0.2) is 18.9 Å². The molecule has 17 nitrogen and oxygen atoms in total. The van der Waals surface area contributed by atoms with E-state index in [1.165, 1.54) is 5.57 Å². The lowest BCUT2D eigenvalue weighted by Gasteiger charge is -2.70. The van der Waals surface area contributed by atoms with Crippen LogP contribution in [-0.4, -0.2) is 180 Å². The van der Waals surface area contributed by atoms with Gasteiger partial charge in [-0.15, -0.1) is 0 Å². The second kappa shape index (κ2) is 19.3. The molecule has 0 aromatic rings. The van der Waals surface area contributed by atoms with Gasteiger partial charge in [-0.1, -0.05) is 46.3 Å². The van der Waals surface area contributed by atoms with Crippen LogP contribution < -0.4 is 0 Å². The highest BCUT2D eigenvalue weighted by Gasteiger charge is 2.70. The number of rotatable bonds is 13. The molecule has 4 saturated carbocycles. The van der Waals surface area contributed by atoms with E-state index in [9.17, 15) is 56.2 Å². The molecule has 0 aromatic heterocycles. The molecule has 11 N–H and O–H groups in total. The molecule has 0 spiro atoms. The molecule has 0 bridgehead atoms. The molecule has 0 radical (unpaired) electrons. The molecule has 3 heterocycles. The minimum absolute atomic E-state index is 0.0327. The molecule has 7 rings (SSSR count). The Kier molecular flexibility index (Phi) is 15.4. The van der Waals surface area contributed by atoms with Gasteiger partial charge >= 0.3 is 0 Å². The van der Waals surface area contributed by atoms with Gasteiger partial charge in [0.2, 0.25) is 0 Å². The molecule has 65 heavy (non-hydrogen) atoms. The summed E-state index contributed by atoms with van der Waals surface area (Å²) in [6.07, 6.45) is -11.6. The van der Waals surface area contributed by atoms with Crippen molar-refractivity contribution in [3.8, 4) is 0 Å². The van der Waals surface area contributed by atoms with Gasteiger partial charge in [-0.3, -0.25) is 0 Å². The molecule has 24 atom stereocenters. The quantitative estimate of drug-likeness (QED) is 0.0908. The van der Waals surface area contributed by atoms with Gasteiger partial charge < -0.3 is 84.6 Å². The van der Waals surface area contributed by atoms with E-state index in [-0.39, 0.29) is 28.1 Å². The lowest BCUT2D eigenvalue weighted by molar-refractivity contribution is -0.378. The summed E-state index contributed by atoms with van der Waals surface area (Å²) in [5, 5.41) is 116. The van der Waals surface area contributed by atoms with Gasteiger partial charge in [0.1, 0.15) is 73.2 Å². The Balaban J connectivity index is 1.11. The summed E-state index contributed by atoms with van der Waals surface area (Å²) in [5.74, 6) is 0.995. The maximum absolute atomic E-state index is 11.4. The Bertz CT molecular complexity index is 1640. The third-order valence-corrected chi connectivity index (χ3v) is 18.8. The predicted molar refractivity (Wildman–Crippen MR) is 232 cm³/mol. The number of aliphatic hydroxyl groups excluding tert-OH is 11. The molecule has 0 amide bonds. The first-order valence-electron chi connectivity index (χ1n) is 24.3. The summed E-state index contributed by atoms with van der Waals surface area (Å²) in [4.78, 5) is 0. The summed E-state index contributed by atoms with van der Waals surface area (Å²) < 4.78 is 37.4. The van der Waals surface area contributed by atoms with Crippen LogP contribution >= 0.6 is 0 Å². The molecule has 4 aliphatic carbocycles. The van der Waals surface area contributed by atoms with Crippen LogP contribution in [0.1, 0.15) is 120 Å². The zero-order chi connectivity index (χ0) is 47.8. The second-order valence-corrected chi connectivity index (χ2v) is 22.8. The van der Waals surface area contributed by atoms with Crippen LogP contribution in [0, 0.1) is 45.3 Å². The van der Waals surface area contributed by atoms with Crippen molar-refractivity contribution in [2.24, 2.45) is 45.3 Å². The average molecular weight is 931 g/mol. The second-order valence-electron chi connectivity index (χ2n) is 22.8. The van der Waals surface area contributed by atoms with Crippen molar-refractivity contribution in [1.29, 1.82) is 0 Å². The van der Waals surface area contributed by atoms with Gasteiger partial charge in [0.05, 0.1) is 31.5 Å². The summed E-state index contributed by atoms with van der Waals surface area (Å²) in [6.45, 7) is 16.3. The van der Waals surface area contributed by atoms with Gasteiger partial charge in [0.25, 0.3) is 0 Å². The summed E-state index contributed by atoms with van der Waals surface area (Å²) in [7, 11) is 0. The van der Waals surface area contributed by atoms with E-state index in [0.29, 0.717) is 24.7 Å². The van der Waals surface area contributed by atoms with Gasteiger partial charge in [-0.25, -0.2) is 0 Å². The highest BCUT2D eigenvalue weighted by molar-refractivity contribution is 5.19. The van der Waals surface area contributed by atoms with Crippen LogP contribution in [0.3, 0.4) is 0 Å².